The molecule has 1 atom stereocenters. The number of thiophene rings is 2. The summed E-state index contributed by atoms with van der Waals surface area (Å²) in [7, 11) is 0. The molecular formula is C22H24N2O2S2. The van der Waals surface area contributed by atoms with Gasteiger partial charge >= 0.3 is 0 Å². The number of nitrogens with zero attached hydrogens (tertiary/aromatic N) is 1. The fourth-order valence-corrected chi connectivity index (χ4v) is 4.50. The normalized spacial score (nSPS) is 12.1. The predicted octanol–water partition coefficient (Wildman–Crippen LogP) is 4.13. The molecule has 1 amide bonds. The van der Waals surface area contributed by atoms with Crippen LogP contribution in [0.3, 0.4) is 0 Å². The van der Waals surface area contributed by atoms with Crippen LogP contribution in [0.25, 0.3) is 0 Å². The van der Waals surface area contributed by atoms with Gasteiger partial charge in [0.2, 0.25) is 5.91 Å². The van der Waals surface area contributed by atoms with Crippen molar-refractivity contribution in [2.75, 3.05) is 6.54 Å². The predicted molar refractivity (Wildman–Crippen MR) is 116 cm³/mol. The van der Waals surface area contributed by atoms with Crippen LogP contribution in [0.4, 0.5) is 0 Å². The summed E-state index contributed by atoms with van der Waals surface area (Å²) in [5.41, 5.74) is 1.04. The lowest BCUT2D eigenvalue weighted by atomic mass is 10.0. The van der Waals surface area contributed by atoms with E-state index in [2.05, 4.69) is 22.3 Å². The highest BCUT2D eigenvalue weighted by Crippen LogP contribution is 2.17. The number of rotatable bonds is 10. The summed E-state index contributed by atoms with van der Waals surface area (Å²) >= 11 is 3.37. The molecule has 0 saturated carbocycles. The Balaban J connectivity index is 1.63. The van der Waals surface area contributed by atoms with E-state index in [1.807, 2.05) is 53.2 Å². The van der Waals surface area contributed by atoms with Crippen LogP contribution in [-0.4, -0.2) is 29.2 Å². The number of carbonyl (C=O) groups is 2. The van der Waals surface area contributed by atoms with Crippen molar-refractivity contribution >= 4 is 34.4 Å². The van der Waals surface area contributed by atoms with E-state index in [4.69, 9.17) is 0 Å². The summed E-state index contributed by atoms with van der Waals surface area (Å²) in [5.74, 6) is -0.149. The first-order valence-corrected chi connectivity index (χ1v) is 11.0. The standard InChI is InChI=1S/C22H24N2O2S2/c1-17(25)21(13-18-7-3-2-4-8-18)23-22(26)16-24(14-19-9-5-11-27-19)15-20-10-6-12-28-20/h2-12,21H,13-16H2,1H3,(H,23,26)/t21-/m0/s1. The molecule has 1 aromatic carbocycles. The van der Waals surface area contributed by atoms with E-state index >= 15 is 0 Å². The minimum Gasteiger partial charge on any atom is -0.345 e. The average molecular weight is 413 g/mol. The van der Waals surface area contributed by atoms with Crippen LogP contribution < -0.4 is 5.32 Å². The van der Waals surface area contributed by atoms with Crippen LogP contribution in [0, 0.1) is 0 Å². The monoisotopic (exact) mass is 412 g/mol. The van der Waals surface area contributed by atoms with E-state index in [0.29, 0.717) is 19.5 Å². The molecule has 6 heteroatoms. The van der Waals surface area contributed by atoms with E-state index in [1.165, 1.54) is 16.7 Å². The van der Waals surface area contributed by atoms with Crippen molar-refractivity contribution in [3.05, 3.63) is 80.7 Å². The van der Waals surface area contributed by atoms with E-state index in [9.17, 15) is 9.59 Å². The molecule has 146 valence electrons. The molecule has 0 fully saturated rings. The fourth-order valence-electron chi connectivity index (χ4n) is 3.00. The zero-order valence-corrected chi connectivity index (χ0v) is 17.5. The summed E-state index contributed by atoms with van der Waals surface area (Å²) in [6.07, 6.45) is 0.512. The summed E-state index contributed by atoms with van der Waals surface area (Å²) in [6, 6.07) is 17.5. The van der Waals surface area contributed by atoms with E-state index in [-0.39, 0.29) is 18.2 Å². The van der Waals surface area contributed by atoms with Gasteiger partial charge in [-0.15, -0.1) is 22.7 Å². The van der Waals surface area contributed by atoms with Gasteiger partial charge in [-0.25, -0.2) is 0 Å². The molecule has 28 heavy (non-hydrogen) atoms. The topological polar surface area (TPSA) is 49.4 Å². The highest BCUT2D eigenvalue weighted by atomic mass is 32.1. The Morgan fingerprint density at radius 3 is 2.04 bits per heavy atom. The Morgan fingerprint density at radius 1 is 0.929 bits per heavy atom. The Labute approximate surface area is 173 Å². The quantitative estimate of drug-likeness (QED) is 0.545. The second-order valence-electron chi connectivity index (χ2n) is 6.72. The summed E-state index contributed by atoms with van der Waals surface area (Å²) in [5, 5.41) is 7.02. The maximum Gasteiger partial charge on any atom is 0.234 e. The first-order valence-electron chi connectivity index (χ1n) is 9.21. The maximum atomic E-state index is 12.7. The van der Waals surface area contributed by atoms with Crippen molar-refractivity contribution < 1.29 is 9.59 Å². The van der Waals surface area contributed by atoms with Crippen molar-refractivity contribution in [3.8, 4) is 0 Å². The van der Waals surface area contributed by atoms with Gasteiger partial charge in [0.05, 0.1) is 12.6 Å². The number of amides is 1. The Hall–Kier alpha value is -2.28. The van der Waals surface area contributed by atoms with Gasteiger partial charge in [-0.05, 0) is 41.8 Å². The molecule has 0 saturated heterocycles. The Bertz CT molecular complexity index is 825. The van der Waals surface area contributed by atoms with Crippen LogP contribution in [0.1, 0.15) is 22.2 Å². The van der Waals surface area contributed by atoms with Gasteiger partial charge in [-0.1, -0.05) is 42.5 Å². The Kier molecular flexibility index (Phi) is 7.54. The van der Waals surface area contributed by atoms with Crippen LogP contribution in [0.2, 0.25) is 0 Å². The maximum absolute atomic E-state index is 12.7. The number of carbonyl (C=O) groups excluding carboxylic acids is 2. The number of nitrogens with one attached hydrogen (secondary N) is 1. The molecular weight excluding hydrogens is 388 g/mol. The Morgan fingerprint density at radius 2 is 1.54 bits per heavy atom. The molecule has 0 aliphatic heterocycles. The third-order valence-corrected chi connectivity index (χ3v) is 6.12. The molecule has 0 aliphatic rings. The van der Waals surface area contributed by atoms with E-state index in [1.54, 1.807) is 22.7 Å². The zero-order chi connectivity index (χ0) is 19.8. The minimum atomic E-state index is -0.500. The first-order chi connectivity index (χ1) is 13.6. The minimum absolute atomic E-state index is 0.0275. The third kappa shape index (κ3) is 6.41. The molecule has 0 radical (unpaired) electrons. The van der Waals surface area contributed by atoms with Gasteiger partial charge in [0.15, 0.2) is 5.78 Å². The van der Waals surface area contributed by atoms with E-state index < -0.39 is 6.04 Å². The van der Waals surface area contributed by atoms with Gasteiger partial charge in [-0.3, -0.25) is 14.5 Å². The molecule has 0 aliphatic carbocycles. The molecule has 0 spiro atoms. The lowest BCUT2D eigenvalue weighted by Crippen LogP contribution is -2.45. The lowest BCUT2D eigenvalue weighted by molar-refractivity contribution is -0.127. The van der Waals surface area contributed by atoms with Crippen molar-refractivity contribution in [1.82, 2.24) is 10.2 Å². The van der Waals surface area contributed by atoms with Gasteiger partial charge in [0.25, 0.3) is 0 Å². The molecule has 0 unspecified atom stereocenters. The number of ketones is 1. The molecule has 3 aromatic rings. The zero-order valence-electron chi connectivity index (χ0n) is 15.8. The summed E-state index contributed by atoms with van der Waals surface area (Å²) in [6.45, 7) is 3.22. The summed E-state index contributed by atoms with van der Waals surface area (Å²) < 4.78 is 0. The summed E-state index contributed by atoms with van der Waals surface area (Å²) in [4.78, 5) is 29.3. The first kappa shape index (κ1) is 20.5. The second kappa shape index (κ2) is 10.3. The van der Waals surface area contributed by atoms with Crippen molar-refractivity contribution in [3.63, 3.8) is 0 Å². The van der Waals surface area contributed by atoms with Crippen LogP contribution in [0.15, 0.2) is 65.4 Å². The fraction of sp³-hybridized carbons (Fsp3) is 0.273. The molecule has 0 bridgehead atoms. The number of benzene rings is 1. The third-order valence-electron chi connectivity index (χ3n) is 4.39. The van der Waals surface area contributed by atoms with Crippen LogP contribution >= 0.6 is 22.7 Å². The molecule has 3 rings (SSSR count). The highest BCUT2D eigenvalue weighted by molar-refractivity contribution is 7.10. The smallest absolute Gasteiger partial charge is 0.234 e. The second-order valence-corrected chi connectivity index (χ2v) is 8.79. The highest BCUT2D eigenvalue weighted by Gasteiger charge is 2.20. The van der Waals surface area contributed by atoms with Gasteiger partial charge in [0.1, 0.15) is 0 Å². The SMILES string of the molecule is CC(=O)[C@H](Cc1ccccc1)NC(=O)CN(Cc1cccs1)Cc1cccs1. The van der Waals surface area contributed by atoms with Crippen molar-refractivity contribution in [2.24, 2.45) is 0 Å². The number of Topliss-reactive ketones (excluding diaryl/α,β-unsaturated/α-hetero) is 1. The molecule has 2 aromatic heterocycles. The average Bonchev–Trinajstić information content (AvgIpc) is 3.36. The number of hydrogen-bond donors (Lipinski definition) is 1. The molecule has 4 nitrogen and oxygen atoms in total. The van der Waals surface area contributed by atoms with Gasteiger partial charge in [-0.2, -0.15) is 0 Å². The molecule has 2 heterocycles. The number of hydrogen-bond acceptors (Lipinski definition) is 5. The van der Waals surface area contributed by atoms with Crippen molar-refractivity contribution in [2.45, 2.75) is 32.5 Å². The van der Waals surface area contributed by atoms with Gasteiger partial charge in [0, 0.05) is 22.8 Å². The van der Waals surface area contributed by atoms with Crippen LogP contribution in [0.5, 0.6) is 0 Å². The molecule has 1 N–H and O–H groups in total. The van der Waals surface area contributed by atoms with Gasteiger partial charge < -0.3 is 5.32 Å². The lowest BCUT2D eigenvalue weighted by Gasteiger charge is -2.22. The van der Waals surface area contributed by atoms with Crippen molar-refractivity contribution in [1.29, 1.82) is 0 Å². The van der Waals surface area contributed by atoms with E-state index in [0.717, 1.165) is 5.56 Å². The largest absolute Gasteiger partial charge is 0.345 e. The van der Waals surface area contributed by atoms with Crippen LogP contribution in [-0.2, 0) is 29.1 Å².